The molecule has 0 saturated heterocycles. The molecule has 0 atom stereocenters. The van der Waals surface area contributed by atoms with E-state index >= 15 is 0 Å². The van der Waals surface area contributed by atoms with Gasteiger partial charge >= 0.3 is 6.11 Å². The van der Waals surface area contributed by atoms with Crippen LogP contribution < -0.4 is 10.2 Å². The van der Waals surface area contributed by atoms with Crippen molar-refractivity contribution in [3.8, 4) is 0 Å². The number of nitrogens with one attached hydrogen (secondary N) is 2. The van der Waals surface area contributed by atoms with Crippen LogP contribution in [0.4, 0.5) is 14.5 Å². The Hall–Kier alpha value is -2.99. The molecular weight excluding hydrogens is 503 g/mol. The molecule has 0 aliphatic rings. The number of hydrogen-bond acceptors (Lipinski definition) is 6. The maximum atomic E-state index is 14.6. The number of amides is 1. The number of aromatic nitrogens is 1. The minimum atomic E-state index is -4.06. The molecule has 0 aliphatic carbocycles. The quantitative estimate of drug-likeness (QED) is 0.347. The van der Waals surface area contributed by atoms with E-state index in [9.17, 15) is 22.0 Å². The molecule has 4 aromatic rings. The van der Waals surface area contributed by atoms with Gasteiger partial charge < -0.3 is 4.42 Å². The predicted molar refractivity (Wildman–Crippen MR) is 119 cm³/mol. The monoisotopic (exact) mass is 515 g/mol. The van der Waals surface area contributed by atoms with Gasteiger partial charge in [0.25, 0.3) is 5.91 Å². The summed E-state index contributed by atoms with van der Waals surface area (Å²) in [5.74, 6) is -1.01. The van der Waals surface area contributed by atoms with Crippen molar-refractivity contribution < 1.29 is 31.2 Å². The maximum absolute atomic E-state index is 14.6. The molecule has 33 heavy (non-hydrogen) atoms. The predicted octanol–water partition coefficient (Wildman–Crippen LogP) is 5.07. The molecule has 0 radical (unpaired) electrons. The lowest BCUT2D eigenvalue weighted by Gasteiger charge is -2.19. The Morgan fingerprint density at radius 2 is 1.82 bits per heavy atom. The van der Waals surface area contributed by atoms with Gasteiger partial charge in [0.15, 0.2) is 0 Å². The van der Waals surface area contributed by atoms with E-state index in [2.05, 4.69) is 14.5 Å². The van der Waals surface area contributed by atoms with E-state index in [0.717, 1.165) is 18.6 Å². The van der Waals surface area contributed by atoms with Crippen LogP contribution in [0.2, 0.25) is 10.0 Å². The molecule has 0 aliphatic heterocycles. The smallest absolute Gasteiger partial charge is 0.405 e. The van der Waals surface area contributed by atoms with E-state index in [1.807, 2.05) is 0 Å². The lowest BCUT2D eigenvalue weighted by atomic mass is 10.1. The second-order valence-corrected chi connectivity index (χ2v) is 9.46. The number of fused-ring (bicyclic) bond motifs is 3. The van der Waals surface area contributed by atoms with Gasteiger partial charge in [0.2, 0.25) is 10.0 Å². The van der Waals surface area contributed by atoms with Gasteiger partial charge in [0.1, 0.15) is 11.2 Å². The van der Waals surface area contributed by atoms with Crippen molar-refractivity contribution in [3.05, 3.63) is 70.0 Å². The number of nitrogens with zero attached hydrogens (tertiary/aromatic N) is 1. The Kier molecular flexibility index (Phi) is 5.91. The SMILES string of the molecule is CS(=O)(=O)Nc1ccc2oc3cccc(C(=O)NOC(F)(F)c4c(Cl)cncc4Cl)c3c2c1. The van der Waals surface area contributed by atoms with Crippen LogP contribution in [0.3, 0.4) is 0 Å². The molecular formula is C20H13Cl2F2N3O5S. The second-order valence-electron chi connectivity index (χ2n) is 6.89. The van der Waals surface area contributed by atoms with Crippen molar-refractivity contribution in [1.82, 2.24) is 10.5 Å². The van der Waals surface area contributed by atoms with Crippen molar-refractivity contribution >= 4 is 66.8 Å². The number of sulfonamides is 1. The summed E-state index contributed by atoms with van der Waals surface area (Å²) in [6.45, 7) is 0. The van der Waals surface area contributed by atoms with E-state index < -0.39 is 37.6 Å². The van der Waals surface area contributed by atoms with Gasteiger partial charge in [-0.1, -0.05) is 29.3 Å². The Balaban J connectivity index is 1.69. The van der Waals surface area contributed by atoms with Crippen LogP contribution in [0.5, 0.6) is 0 Å². The van der Waals surface area contributed by atoms with Crippen LogP contribution in [0.15, 0.2) is 53.2 Å². The molecule has 172 valence electrons. The van der Waals surface area contributed by atoms with E-state index in [0.29, 0.717) is 11.0 Å². The molecule has 2 N–H and O–H groups in total. The third-order valence-electron chi connectivity index (χ3n) is 4.46. The third kappa shape index (κ3) is 4.71. The van der Waals surface area contributed by atoms with E-state index in [1.165, 1.54) is 30.3 Å². The molecule has 0 bridgehead atoms. The normalized spacial score (nSPS) is 12.3. The summed E-state index contributed by atoms with van der Waals surface area (Å²) in [4.78, 5) is 20.7. The summed E-state index contributed by atoms with van der Waals surface area (Å²) >= 11 is 11.5. The van der Waals surface area contributed by atoms with Gasteiger partial charge in [-0.05, 0) is 30.3 Å². The first-order valence-electron chi connectivity index (χ1n) is 9.05. The molecule has 0 spiro atoms. The first-order chi connectivity index (χ1) is 15.5. The second kappa shape index (κ2) is 8.41. The van der Waals surface area contributed by atoms with Crippen molar-refractivity contribution in [3.63, 3.8) is 0 Å². The minimum absolute atomic E-state index is 0.0505. The number of rotatable bonds is 6. The van der Waals surface area contributed by atoms with Crippen LogP contribution in [-0.4, -0.2) is 25.6 Å². The Labute approximate surface area is 195 Å². The Morgan fingerprint density at radius 1 is 1.12 bits per heavy atom. The fourth-order valence-corrected chi connectivity index (χ4v) is 4.34. The van der Waals surface area contributed by atoms with Crippen LogP contribution in [0.1, 0.15) is 15.9 Å². The number of hydroxylamine groups is 1. The molecule has 0 fully saturated rings. The van der Waals surface area contributed by atoms with E-state index in [4.69, 9.17) is 27.6 Å². The zero-order valence-corrected chi connectivity index (χ0v) is 18.9. The number of furan rings is 1. The average Bonchev–Trinajstić information content (AvgIpc) is 3.08. The Bertz CT molecular complexity index is 1490. The number of pyridine rings is 1. The lowest BCUT2D eigenvalue weighted by molar-refractivity contribution is -0.272. The molecule has 0 unspecified atom stereocenters. The highest BCUT2D eigenvalue weighted by Crippen LogP contribution is 2.38. The summed E-state index contributed by atoms with van der Waals surface area (Å²) < 4.78 is 60.2. The first kappa shape index (κ1) is 23.2. The highest BCUT2D eigenvalue weighted by atomic mass is 35.5. The van der Waals surface area contributed by atoms with Crippen molar-refractivity contribution in [2.75, 3.05) is 11.0 Å². The molecule has 8 nitrogen and oxygen atoms in total. The summed E-state index contributed by atoms with van der Waals surface area (Å²) in [6.07, 6.45) is -1.15. The highest BCUT2D eigenvalue weighted by Gasteiger charge is 2.39. The van der Waals surface area contributed by atoms with E-state index in [1.54, 1.807) is 11.5 Å². The highest BCUT2D eigenvalue weighted by molar-refractivity contribution is 7.92. The zero-order chi connectivity index (χ0) is 24.0. The third-order valence-corrected chi connectivity index (χ3v) is 5.64. The standard InChI is InChI=1S/C20H13Cl2F2N3O5S/c1-33(29,30)27-10-5-6-15-12(7-10)17-11(3-2-4-16(17)31-15)19(28)26-32-20(23,24)18-13(21)8-25-9-14(18)22/h2-9,27H,1H3,(H,26,28). The van der Waals surface area contributed by atoms with Crippen LogP contribution in [0.25, 0.3) is 21.9 Å². The minimum Gasteiger partial charge on any atom is -0.456 e. The van der Waals surface area contributed by atoms with Crippen molar-refractivity contribution in [1.29, 1.82) is 0 Å². The summed E-state index contributed by atoms with van der Waals surface area (Å²) in [5, 5.41) is -0.239. The van der Waals surface area contributed by atoms with Crippen LogP contribution >= 0.6 is 23.2 Å². The fourth-order valence-electron chi connectivity index (χ4n) is 3.20. The van der Waals surface area contributed by atoms with Gasteiger partial charge in [-0.2, -0.15) is 13.6 Å². The Morgan fingerprint density at radius 3 is 2.48 bits per heavy atom. The molecule has 13 heteroatoms. The molecule has 4 rings (SSSR count). The summed E-state index contributed by atoms with van der Waals surface area (Å²) in [7, 11) is -3.56. The lowest BCUT2D eigenvalue weighted by Crippen LogP contribution is -2.33. The maximum Gasteiger partial charge on any atom is 0.405 e. The topological polar surface area (TPSA) is 111 Å². The fraction of sp³-hybridized carbons (Fsp3) is 0.100. The van der Waals surface area contributed by atoms with Gasteiger partial charge in [-0.25, -0.2) is 13.9 Å². The summed E-state index contributed by atoms with van der Waals surface area (Å²) in [5.41, 5.74) is 1.67. The first-order valence-corrected chi connectivity index (χ1v) is 11.7. The van der Waals surface area contributed by atoms with Gasteiger partial charge in [0, 0.05) is 28.9 Å². The van der Waals surface area contributed by atoms with Gasteiger partial charge in [-0.3, -0.25) is 14.5 Å². The number of benzene rings is 2. The largest absolute Gasteiger partial charge is 0.456 e. The number of carbonyl (C=O) groups is 1. The number of alkyl halides is 2. The van der Waals surface area contributed by atoms with Crippen LogP contribution in [-0.2, 0) is 21.0 Å². The molecule has 2 heterocycles. The van der Waals surface area contributed by atoms with Gasteiger partial charge in [0.05, 0.1) is 27.4 Å². The summed E-state index contributed by atoms with van der Waals surface area (Å²) in [6, 6.07) is 8.90. The number of hydrogen-bond donors (Lipinski definition) is 2. The molecule has 2 aromatic carbocycles. The molecule has 2 aromatic heterocycles. The number of anilines is 1. The van der Waals surface area contributed by atoms with Crippen molar-refractivity contribution in [2.24, 2.45) is 0 Å². The van der Waals surface area contributed by atoms with E-state index in [-0.39, 0.29) is 22.2 Å². The number of carbonyl (C=O) groups excluding carboxylic acids is 1. The van der Waals surface area contributed by atoms with Gasteiger partial charge in [-0.15, -0.1) is 0 Å². The number of halogens is 4. The molecule has 0 saturated carbocycles. The van der Waals surface area contributed by atoms with Crippen molar-refractivity contribution in [2.45, 2.75) is 6.11 Å². The van der Waals surface area contributed by atoms with Crippen LogP contribution in [0, 0.1) is 0 Å². The average molecular weight is 516 g/mol. The zero-order valence-electron chi connectivity index (χ0n) is 16.5. The molecule has 1 amide bonds.